The van der Waals surface area contributed by atoms with Crippen LogP contribution in [0.5, 0.6) is 0 Å². The lowest BCUT2D eigenvalue weighted by atomic mass is 10.2. The summed E-state index contributed by atoms with van der Waals surface area (Å²) in [7, 11) is 1.38. The summed E-state index contributed by atoms with van der Waals surface area (Å²) in [6, 6.07) is 5.75. The number of methoxy groups -OCH3 is 1. The molecule has 0 amide bonds. The zero-order valence-corrected chi connectivity index (χ0v) is 9.06. The van der Waals surface area contributed by atoms with Gasteiger partial charge in [-0.15, -0.1) is 11.8 Å². The van der Waals surface area contributed by atoms with Gasteiger partial charge in [0.2, 0.25) is 0 Å². The van der Waals surface area contributed by atoms with Crippen LogP contribution in [0.25, 0.3) is 0 Å². The fraction of sp³-hybridized carbons (Fsp3) is 0.300. The number of aryl methyl sites for hydroxylation is 1. The lowest BCUT2D eigenvalue weighted by molar-refractivity contribution is -0.137. The van der Waals surface area contributed by atoms with E-state index in [1.165, 1.54) is 18.9 Å². The number of nitrogen functional groups attached to an aromatic ring is 1. The van der Waals surface area contributed by atoms with Crippen LogP contribution in [-0.4, -0.2) is 18.8 Å². The Labute approximate surface area is 87.6 Å². The quantitative estimate of drug-likeness (QED) is 0.471. The highest BCUT2D eigenvalue weighted by molar-refractivity contribution is 8.00. The number of thioether (sulfide) groups is 1. The maximum Gasteiger partial charge on any atom is 0.315 e. The first kappa shape index (κ1) is 10.9. The highest BCUT2D eigenvalue weighted by Crippen LogP contribution is 2.22. The number of benzene rings is 1. The lowest BCUT2D eigenvalue weighted by Crippen LogP contribution is -2.02. The molecule has 0 spiro atoms. The van der Waals surface area contributed by atoms with Gasteiger partial charge in [0.1, 0.15) is 0 Å². The minimum absolute atomic E-state index is 0.228. The summed E-state index contributed by atoms with van der Waals surface area (Å²) in [6.45, 7) is 1.95. The molecule has 0 atom stereocenters. The molecule has 0 aliphatic carbocycles. The predicted molar refractivity (Wildman–Crippen MR) is 58.3 cm³/mol. The summed E-state index contributed by atoms with van der Waals surface area (Å²) in [5.74, 6) is 0.0908. The largest absolute Gasteiger partial charge is 0.468 e. The maximum absolute atomic E-state index is 10.9. The van der Waals surface area contributed by atoms with E-state index in [2.05, 4.69) is 4.74 Å². The smallest absolute Gasteiger partial charge is 0.315 e. The van der Waals surface area contributed by atoms with Crippen LogP contribution in [0.1, 0.15) is 5.56 Å². The molecule has 0 fully saturated rings. The van der Waals surface area contributed by atoms with Crippen molar-refractivity contribution in [3.63, 3.8) is 0 Å². The molecule has 0 aromatic heterocycles. The Kier molecular flexibility index (Phi) is 3.83. The minimum Gasteiger partial charge on any atom is -0.468 e. The molecular weight excluding hydrogens is 198 g/mol. The molecule has 14 heavy (non-hydrogen) atoms. The van der Waals surface area contributed by atoms with Crippen molar-refractivity contribution in [3.8, 4) is 0 Å². The molecule has 2 N–H and O–H groups in total. The second-order valence-electron chi connectivity index (χ2n) is 2.88. The van der Waals surface area contributed by atoms with E-state index in [4.69, 9.17) is 5.73 Å². The number of carbonyl (C=O) groups is 1. The van der Waals surface area contributed by atoms with Crippen LogP contribution in [0.3, 0.4) is 0 Å². The van der Waals surface area contributed by atoms with Crippen LogP contribution >= 0.6 is 11.8 Å². The number of carbonyl (C=O) groups excluding carboxylic acids is 1. The zero-order valence-electron chi connectivity index (χ0n) is 8.24. The summed E-state index contributed by atoms with van der Waals surface area (Å²) in [6.07, 6.45) is 0. The summed E-state index contributed by atoms with van der Waals surface area (Å²) in [5.41, 5.74) is 7.53. The van der Waals surface area contributed by atoms with E-state index in [9.17, 15) is 4.79 Å². The molecule has 0 radical (unpaired) electrons. The van der Waals surface area contributed by atoms with Crippen LogP contribution in [0.2, 0.25) is 0 Å². The van der Waals surface area contributed by atoms with Crippen molar-refractivity contribution >= 4 is 23.4 Å². The molecule has 0 bridgehead atoms. The van der Waals surface area contributed by atoms with E-state index in [0.717, 1.165) is 16.1 Å². The van der Waals surface area contributed by atoms with Crippen LogP contribution in [0.15, 0.2) is 23.1 Å². The number of esters is 1. The van der Waals surface area contributed by atoms with Crippen molar-refractivity contribution in [2.75, 3.05) is 18.6 Å². The molecule has 0 aliphatic rings. The van der Waals surface area contributed by atoms with E-state index in [1.807, 2.05) is 25.1 Å². The number of nitrogens with two attached hydrogens (primary N) is 1. The number of ether oxygens (including phenoxy) is 1. The lowest BCUT2D eigenvalue weighted by Gasteiger charge is -2.03. The molecule has 1 aromatic rings. The van der Waals surface area contributed by atoms with Gasteiger partial charge in [-0.2, -0.15) is 0 Å². The summed E-state index contributed by atoms with van der Waals surface area (Å²) >= 11 is 1.42. The molecule has 4 heteroatoms. The molecule has 0 aliphatic heterocycles. The van der Waals surface area contributed by atoms with Crippen molar-refractivity contribution < 1.29 is 9.53 Å². The fourth-order valence-electron chi connectivity index (χ4n) is 0.910. The van der Waals surface area contributed by atoms with Gasteiger partial charge in [-0.3, -0.25) is 4.79 Å². The van der Waals surface area contributed by atoms with Crippen molar-refractivity contribution in [2.24, 2.45) is 0 Å². The Morgan fingerprint density at radius 1 is 1.57 bits per heavy atom. The topological polar surface area (TPSA) is 52.3 Å². The Hall–Kier alpha value is -1.16. The molecule has 0 unspecified atom stereocenters. The molecule has 0 saturated carbocycles. The normalized spacial score (nSPS) is 9.86. The molecule has 76 valence electrons. The Balaban J connectivity index is 2.60. The van der Waals surface area contributed by atoms with Gasteiger partial charge in [0.05, 0.1) is 12.9 Å². The van der Waals surface area contributed by atoms with Gasteiger partial charge in [-0.25, -0.2) is 0 Å². The Morgan fingerprint density at radius 3 is 2.86 bits per heavy atom. The van der Waals surface area contributed by atoms with E-state index in [-0.39, 0.29) is 5.97 Å². The third-order valence-electron chi connectivity index (χ3n) is 1.84. The van der Waals surface area contributed by atoms with Crippen LogP contribution < -0.4 is 5.73 Å². The van der Waals surface area contributed by atoms with Crippen LogP contribution in [-0.2, 0) is 9.53 Å². The second-order valence-corrected chi connectivity index (χ2v) is 3.93. The average Bonchev–Trinajstić information content (AvgIpc) is 2.19. The van der Waals surface area contributed by atoms with Crippen LogP contribution in [0.4, 0.5) is 5.69 Å². The monoisotopic (exact) mass is 211 g/mol. The molecular formula is C10H13NO2S. The first-order chi connectivity index (χ1) is 6.63. The number of hydrogen-bond acceptors (Lipinski definition) is 4. The van der Waals surface area contributed by atoms with Crippen molar-refractivity contribution in [3.05, 3.63) is 23.8 Å². The van der Waals surface area contributed by atoms with Gasteiger partial charge in [-0.05, 0) is 24.6 Å². The van der Waals surface area contributed by atoms with Gasteiger partial charge in [0.15, 0.2) is 0 Å². The molecule has 0 heterocycles. The molecule has 0 saturated heterocycles. The number of anilines is 1. The summed E-state index contributed by atoms with van der Waals surface area (Å²) in [5, 5.41) is 0. The minimum atomic E-state index is -0.228. The van der Waals surface area contributed by atoms with Crippen molar-refractivity contribution in [2.45, 2.75) is 11.8 Å². The van der Waals surface area contributed by atoms with Gasteiger partial charge in [-0.1, -0.05) is 6.07 Å². The van der Waals surface area contributed by atoms with Gasteiger partial charge < -0.3 is 10.5 Å². The second kappa shape index (κ2) is 4.91. The summed E-state index contributed by atoms with van der Waals surface area (Å²) < 4.78 is 4.53. The van der Waals surface area contributed by atoms with E-state index >= 15 is 0 Å². The summed E-state index contributed by atoms with van der Waals surface area (Å²) in [4.78, 5) is 11.8. The highest BCUT2D eigenvalue weighted by atomic mass is 32.2. The first-order valence-electron chi connectivity index (χ1n) is 4.19. The van der Waals surface area contributed by atoms with E-state index in [0.29, 0.717) is 5.75 Å². The van der Waals surface area contributed by atoms with Crippen molar-refractivity contribution in [1.82, 2.24) is 0 Å². The molecule has 1 aromatic carbocycles. The molecule has 1 rings (SSSR count). The van der Waals surface area contributed by atoms with Gasteiger partial charge >= 0.3 is 5.97 Å². The van der Waals surface area contributed by atoms with Crippen LogP contribution in [0, 0.1) is 6.92 Å². The Bertz CT molecular complexity index is 339. The Morgan fingerprint density at radius 2 is 2.29 bits per heavy atom. The van der Waals surface area contributed by atoms with Gasteiger partial charge in [0, 0.05) is 10.6 Å². The van der Waals surface area contributed by atoms with Gasteiger partial charge in [0.25, 0.3) is 0 Å². The SMILES string of the molecule is COC(=O)CSc1ccc(C)c(N)c1. The highest BCUT2D eigenvalue weighted by Gasteiger charge is 2.02. The van der Waals surface area contributed by atoms with Crippen molar-refractivity contribution in [1.29, 1.82) is 0 Å². The molecule has 3 nitrogen and oxygen atoms in total. The average molecular weight is 211 g/mol. The standard InChI is InChI=1S/C10H13NO2S/c1-7-3-4-8(5-9(7)11)14-6-10(12)13-2/h3-5H,6,11H2,1-2H3. The van der Waals surface area contributed by atoms with E-state index in [1.54, 1.807) is 0 Å². The first-order valence-corrected chi connectivity index (χ1v) is 5.18. The van der Waals surface area contributed by atoms with E-state index < -0.39 is 0 Å². The number of hydrogen-bond donors (Lipinski definition) is 1. The third-order valence-corrected chi connectivity index (χ3v) is 2.80. The number of rotatable bonds is 3. The third kappa shape index (κ3) is 2.96. The maximum atomic E-state index is 10.9. The fourth-order valence-corrected chi connectivity index (χ4v) is 1.69. The zero-order chi connectivity index (χ0) is 10.6. The predicted octanol–water partition coefficient (Wildman–Crippen LogP) is 1.84.